The zero-order chi connectivity index (χ0) is 17.3. The Balaban J connectivity index is 2.36. The van der Waals surface area contributed by atoms with Gasteiger partial charge in [0.2, 0.25) is 0 Å². The molecule has 0 aliphatic heterocycles. The van der Waals surface area contributed by atoms with E-state index in [-0.39, 0.29) is 10.6 Å². The van der Waals surface area contributed by atoms with Gasteiger partial charge in [-0.25, -0.2) is 8.42 Å². The van der Waals surface area contributed by atoms with Crippen molar-refractivity contribution in [2.45, 2.75) is 4.90 Å². The SMILES string of the molecule is CS(=O)(=O)c1cc(-c2ccccc2)c(Cl)c(-c2ccccc2O)c1. The third-order valence-corrected chi connectivity index (χ3v) is 5.25. The molecule has 122 valence electrons. The van der Waals surface area contributed by atoms with E-state index in [4.69, 9.17) is 11.6 Å². The van der Waals surface area contributed by atoms with Crippen LogP contribution in [0.1, 0.15) is 0 Å². The molecule has 0 heterocycles. The van der Waals surface area contributed by atoms with Gasteiger partial charge < -0.3 is 5.11 Å². The Morgan fingerprint density at radius 1 is 0.833 bits per heavy atom. The zero-order valence-corrected chi connectivity index (χ0v) is 14.5. The molecule has 0 aromatic heterocycles. The van der Waals surface area contributed by atoms with Crippen LogP contribution >= 0.6 is 11.6 Å². The number of halogens is 1. The molecule has 5 heteroatoms. The first kappa shape index (κ1) is 16.6. The summed E-state index contributed by atoms with van der Waals surface area (Å²) in [6.45, 7) is 0. The standard InChI is InChI=1S/C19H15ClO3S/c1-24(22,23)14-11-16(13-7-3-2-4-8-13)19(20)17(12-14)15-9-5-6-10-18(15)21/h2-12,21H,1H3. The molecule has 0 aliphatic carbocycles. The van der Waals surface area contributed by atoms with E-state index < -0.39 is 9.84 Å². The first-order valence-electron chi connectivity index (χ1n) is 7.25. The number of hydrogen-bond donors (Lipinski definition) is 1. The van der Waals surface area contributed by atoms with Crippen molar-refractivity contribution in [2.75, 3.05) is 6.26 Å². The summed E-state index contributed by atoms with van der Waals surface area (Å²) in [4.78, 5) is 0.156. The van der Waals surface area contributed by atoms with Gasteiger partial charge in [0.1, 0.15) is 5.75 Å². The molecule has 0 spiro atoms. The van der Waals surface area contributed by atoms with Crippen molar-refractivity contribution < 1.29 is 13.5 Å². The van der Waals surface area contributed by atoms with Gasteiger partial charge in [-0.3, -0.25) is 0 Å². The van der Waals surface area contributed by atoms with Crippen molar-refractivity contribution in [1.82, 2.24) is 0 Å². The van der Waals surface area contributed by atoms with Crippen LogP contribution in [0.5, 0.6) is 5.75 Å². The Hall–Kier alpha value is -2.30. The van der Waals surface area contributed by atoms with Crippen molar-refractivity contribution in [3.8, 4) is 28.0 Å². The third-order valence-electron chi connectivity index (χ3n) is 3.75. The minimum Gasteiger partial charge on any atom is -0.507 e. The number of phenolic OH excluding ortho intramolecular Hbond substituents is 1. The van der Waals surface area contributed by atoms with E-state index in [0.29, 0.717) is 21.7 Å². The Morgan fingerprint density at radius 3 is 2.04 bits per heavy atom. The van der Waals surface area contributed by atoms with Crippen LogP contribution in [-0.4, -0.2) is 19.8 Å². The fraction of sp³-hybridized carbons (Fsp3) is 0.0526. The molecule has 3 aromatic rings. The lowest BCUT2D eigenvalue weighted by Gasteiger charge is -2.14. The molecule has 0 atom stereocenters. The second-order valence-electron chi connectivity index (χ2n) is 5.49. The van der Waals surface area contributed by atoms with E-state index in [1.807, 2.05) is 30.3 Å². The molecule has 0 amide bonds. The predicted octanol–water partition coefficient (Wildman–Crippen LogP) is 4.78. The van der Waals surface area contributed by atoms with Crippen LogP contribution in [0.25, 0.3) is 22.3 Å². The molecule has 24 heavy (non-hydrogen) atoms. The second kappa shape index (κ2) is 6.30. The van der Waals surface area contributed by atoms with Crippen LogP contribution in [-0.2, 0) is 9.84 Å². The molecule has 0 unspecified atom stereocenters. The molecular weight excluding hydrogens is 344 g/mol. The maximum Gasteiger partial charge on any atom is 0.175 e. The molecule has 1 N–H and O–H groups in total. The smallest absolute Gasteiger partial charge is 0.175 e. The topological polar surface area (TPSA) is 54.4 Å². The molecule has 0 fully saturated rings. The predicted molar refractivity (Wildman–Crippen MR) is 97.1 cm³/mol. The van der Waals surface area contributed by atoms with Crippen LogP contribution in [0, 0.1) is 0 Å². The van der Waals surface area contributed by atoms with Crippen molar-refractivity contribution in [3.63, 3.8) is 0 Å². The molecular formula is C19H15ClO3S. The number of phenols is 1. The summed E-state index contributed by atoms with van der Waals surface area (Å²) in [6, 6.07) is 19.1. The number of hydrogen-bond acceptors (Lipinski definition) is 3. The van der Waals surface area contributed by atoms with Crippen LogP contribution < -0.4 is 0 Å². The average Bonchev–Trinajstić information content (AvgIpc) is 2.55. The number of benzene rings is 3. The minimum atomic E-state index is -3.43. The quantitative estimate of drug-likeness (QED) is 0.732. The van der Waals surface area contributed by atoms with E-state index in [9.17, 15) is 13.5 Å². The molecule has 3 aromatic carbocycles. The van der Waals surface area contributed by atoms with E-state index >= 15 is 0 Å². The highest BCUT2D eigenvalue weighted by Gasteiger charge is 2.18. The van der Waals surface area contributed by atoms with E-state index in [1.165, 1.54) is 6.07 Å². The van der Waals surface area contributed by atoms with Crippen LogP contribution in [0.2, 0.25) is 5.02 Å². The molecule has 0 aliphatic rings. The first-order valence-corrected chi connectivity index (χ1v) is 9.52. The largest absolute Gasteiger partial charge is 0.507 e. The third kappa shape index (κ3) is 3.16. The molecule has 0 saturated heterocycles. The zero-order valence-electron chi connectivity index (χ0n) is 12.9. The van der Waals surface area contributed by atoms with Gasteiger partial charge in [-0.05, 0) is 23.8 Å². The van der Waals surface area contributed by atoms with Crippen molar-refractivity contribution in [1.29, 1.82) is 0 Å². The maximum absolute atomic E-state index is 12.1. The Labute approximate surface area is 146 Å². The fourth-order valence-electron chi connectivity index (χ4n) is 2.54. The van der Waals surface area contributed by atoms with Gasteiger partial charge in [-0.15, -0.1) is 0 Å². The maximum atomic E-state index is 12.1. The van der Waals surface area contributed by atoms with E-state index in [0.717, 1.165) is 11.8 Å². The highest BCUT2D eigenvalue weighted by molar-refractivity contribution is 7.90. The molecule has 0 saturated carbocycles. The Morgan fingerprint density at radius 2 is 1.42 bits per heavy atom. The minimum absolute atomic E-state index is 0.0454. The summed E-state index contributed by atoms with van der Waals surface area (Å²) < 4.78 is 24.2. The van der Waals surface area contributed by atoms with Gasteiger partial charge in [-0.2, -0.15) is 0 Å². The van der Waals surface area contributed by atoms with Crippen molar-refractivity contribution in [2.24, 2.45) is 0 Å². The highest BCUT2D eigenvalue weighted by Crippen LogP contribution is 2.41. The lowest BCUT2D eigenvalue weighted by Crippen LogP contribution is -1.99. The number of aromatic hydroxyl groups is 1. The van der Waals surface area contributed by atoms with Crippen molar-refractivity contribution >= 4 is 21.4 Å². The van der Waals surface area contributed by atoms with Gasteiger partial charge in [0, 0.05) is 22.9 Å². The summed E-state index contributed by atoms with van der Waals surface area (Å²) in [5.74, 6) is 0.0454. The fourth-order valence-corrected chi connectivity index (χ4v) is 3.52. The van der Waals surface area contributed by atoms with Gasteiger partial charge in [0.25, 0.3) is 0 Å². The van der Waals surface area contributed by atoms with Crippen LogP contribution in [0.4, 0.5) is 0 Å². The lowest BCUT2D eigenvalue weighted by molar-refractivity contribution is 0.477. The first-order chi connectivity index (χ1) is 11.4. The van der Waals surface area contributed by atoms with Gasteiger partial charge >= 0.3 is 0 Å². The summed E-state index contributed by atoms with van der Waals surface area (Å²) >= 11 is 6.57. The average molecular weight is 359 g/mol. The normalized spacial score (nSPS) is 11.4. The van der Waals surface area contributed by atoms with Crippen molar-refractivity contribution in [3.05, 3.63) is 71.8 Å². The Kier molecular flexibility index (Phi) is 4.35. The molecule has 3 nitrogen and oxygen atoms in total. The Bertz CT molecular complexity index is 996. The summed E-state index contributed by atoms with van der Waals surface area (Å²) in [5, 5.41) is 10.5. The molecule has 3 rings (SSSR count). The second-order valence-corrected chi connectivity index (χ2v) is 7.88. The molecule has 0 bridgehead atoms. The number of para-hydroxylation sites is 1. The van der Waals surface area contributed by atoms with Gasteiger partial charge in [-0.1, -0.05) is 60.1 Å². The summed E-state index contributed by atoms with van der Waals surface area (Å²) in [7, 11) is -3.43. The summed E-state index contributed by atoms with van der Waals surface area (Å²) in [6.07, 6.45) is 1.15. The van der Waals surface area contributed by atoms with Gasteiger partial charge in [0.15, 0.2) is 9.84 Å². The van der Waals surface area contributed by atoms with Crippen LogP contribution in [0.3, 0.4) is 0 Å². The number of rotatable bonds is 3. The lowest BCUT2D eigenvalue weighted by atomic mass is 9.98. The summed E-state index contributed by atoms with van der Waals surface area (Å²) in [5.41, 5.74) is 2.39. The molecule has 0 radical (unpaired) electrons. The highest BCUT2D eigenvalue weighted by atomic mass is 35.5. The van der Waals surface area contributed by atoms with E-state index in [1.54, 1.807) is 30.3 Å². The van der Waals surface area contributed by atoms with E-state index in [2.05, 4.69) is 0 Å². The number of sulfone groups is 1. The monoisotopic (exact) mass is 358 g/mol. The van der Waals surface area contributed by atoms with Gasteiger partial charge in [0.05, 0.1) is 9.92 Å². The van der Waals surface area contributed by atoms with Crippen LogP contribution in [0.15, 0.2) is 71.6 Å².